The summed E-state index contributed by atoms with van der Waals surface area (Å²) in [5.74, 6) is -1.04. The first-order valence-corrected chi connectivity index (χ1v) is 5.38. The zero-order chi connectivity index (χ0) is 14.1. The fourth-order valence-corrected chi connectivity index (χ4v) is 1.15. The molecule has 0 aliphatic heterocycles. The van der Waals surface area contributed by atoms with Crippen LogP contribution in [0.2, 0.25) is 0 Å². The smallest absolute Gasteiger partial charge is 0.325 e. The molecular formula is C13H13N3O3. The number of carbonyl (C=O) groups excluding carboxylic acids is 1. The molecule has 0 amide bonds. The van der Waals surface area contributed by atoms with Crippen molar-refractivity contribution < 1.29 is 14.7 Å². The molecule has 0 radical (unpaired) electrons. The van der Waals surface area contributed by atoms with Crippen molar-refractivity contribution in [3.63, 3.8) is 0 Å². The Morgan fingerprint density at radius 3 is 2.21 bits per heavy atom. The van der Waals surface area contributed by atoms with Gasteiger partial charge >= 0.3 is 5.97 Å². The van der Waals surface area contributed by atoms with Crippen molar-refractivity contribution in [3.8, 4) is 0 Å². The molecule has 0 aliphatic carbocycles. The first-order valence-electron chi connectivity index (χ1n) is 5.38. The largest absolute Gasteiger partial charge is 0.480 e. The van der Waals surface area contributed by atoms with Gasteiger partial charge in [0.15, 0.2) is 6.29 Å². The van der Waals surface area contributed by atoms with Gasteiger partial charge in [-0.1, -0.05) is 6.07 Å². The Morgan fingerprint density at radius 1 is 1.21 bits per heavy atom. The highest BCUT2D eigenvalue weighted by molar-refractivity contribution is 5.75. The Kier molecular flexibility index (Phi) is 5.84. The fraction of sp³-hybridized carbons (Fsp3) is 0.0769. The molecule has 0 fully saturated rings. The van der Waals surface area contributed by atoms with Crippen LogP contribution >= 0.6 is 0 Å². The first-order chi connectivity index (χ1) is 9.15. The van der Waals surface area contributed by atoms with Crippen LogP contribution in [0.1, 0.15) is 22.0 Å². The summed E-state index contributed by atoms with van der Waals surface area (Å²) >= 11 is 0. The zero-order valence-corrected chi connectivity index (χ0v) is 10.0. The van der Waals surface area contributed by atoms with E-state index in [4.69, 9.17) is 10.8 Å². The second-order valence-corrected chi connectivity index (χ2v) is 3.51. The number of aliphatic carboxylic acids is 1. The standard InChI is InChI=1S/C7H8N2O2.C6H5NO/c8-6(7(10)11)5-2-1-3-9-4-5;8-5-6-2-1-3-7-4-6/h1-4,6H,8H2,(H,10,11);1-5H. The highest BCUT2D eigenvalue weighted by atomic mass is 16.4. The number of rotatable bonds is 3. The lowest BCUT2D eigenvalue weighted by molar-refractivity contribution is -0.138. The minimum atomic E-state index is -1.04. The third-order valence-electron chi connectivity index (χ3n) is 2.13. The van der Waals surface area contributed by atoms with Crippen molar-refractivity contribution in [2.45, 2.75) is 6.04 Å². The molecule has 2 heterocycles. The minimum absolute atomic E-state index is 0.514. The normalized spacial score (nSPS) is 10.8. The summed E-state index contributed by atoms with van der Waals surface area (Å²) in [6.45, 7) is 0. The quantitative estimate of drug-likeness (QED) is 0.798. The number of carboxylic acids is 1. The number of nitrogens with two attached hydrogens (primary N) is 1. The summed E-state index contributed by atoms with van der Waals surface area (Å²) in [6.07, 6.45) is 6.93. The monoisotopic (exact) mass is 259 g/mol. The van der Waals surface area contributed by atoms with Crippen LogP contribution < -0.4 is 5.73 Å². The van der Waals surface area contributed by atoms with Crippen LogP contribution in [-0.2, 0) is 4.79 Å². The number of aromatic nitrogens is 2. The molecule has 6 nitrogen and oxygen atoms in total. The Labute approximate surface area is 109 Å². The topological polar surface area (TPSA) is 106 Å². The fourth-order valence-electron chi connectivity index (χ4n) is 1.15. The van der Waals surface area contributed by atoms with Gasteiger partial charge < -0.3 is 10.8 Å². The highest BCUT2D eigenvalue weighted by Gasteiger charge is 2.12. The lowest BCUT2D eigenvalue weighted by atomic mass is 10.1. The van der Waals surface area contributed by atoms with E-state index in [9.17, 15) is 9.59 Å². The van der Waals surface area contributed by atoms with Crippen LogP contribution in [0.15, 0.2) is 49.1 Å². The molecule has 1 unspecified atom stereocenters. The van der Waals surface area contributed by atoms with Gasteiger partial charge in [-0.2, -0.15) is 0 Å². The van der Waals surface area contributed by atoms with Crippen LogP contribution in [0.4, 0.5) is 0 Å². The SMILES string of the molecule is NC(C(=O)O)c1cccnc1.O=Cc1cccnc1. The van der Waals surface area contributed by atoms with Gasteiger partial charge in [0.25, 0.3) is 0 Å². The summed E-state index contributed by atoms with van der Waals surface area (Å²) in [6, 6.07) is 5.75. The minimum Gasteiger partial charge on any atom is -0.480 e. The summed E-state index contributed by atoms with van der Waals surface area (Å²) < 4.78 is 0. The van der Waals surface area contributed by atoms with Crippen LogP contribution in [-0.4, -0.2) is 27.3 Å². The maximum Gasteiger partial charge on any atom is 0.325 e. The molecular weight excluding hydrogens is 246 g/mol. The molecule has 0 bridgehead atoms. The number of carbonyl (C=O) groups is 2. The second-order valence-electron chi connectivity index (χ2n) is 3.51. The van der Waals surface area contributed by atoms with E-state index in [-0.39, 0.29) is 0 Å². The maximum atomic E-state index is 10.3. The predicted octanol–water partition coefficient (Wildman–Crippen LogP) is 1.06. The molecule has 3 N–H and O–H groups in total. The molecule has 0 saturated carbocycles. The van der Waals surface area contributed by atoms with Gasteiger partial charge in [0.1, 0.15) is 6.04 Å². The summed E-state index contributed by atoms with van der Waals surface area (Å²) in [5.41, 5.74) is 6.43. The number of hydrogen-bond donors (Lipinski definition) is 2. The molecule has 98 valence electrons. The molecule has 0 aromatic carbocycles. The van der Waals surface area contributed by atoms with Gasteiger partial charge in [-0.05, 0) is 23.8 Å². The van der Waals surface area contributed by atoms with E-state index in [1.165, 1.54) is 12.4 Å². The lowest BCUT2D eigenvalue weighted by Crippen LogP contribution is -2.20. The molecule has 6 heteroatoms. The Balaban J connectivity index is 0.000000200. The van der Waals surface area contributed by atoms with Gasteiger partial charge in [0.2, 0.25) is 0 Å². The summed E-state index contributed by atoms with van der Waals surface area (Å²) in [7, 11) is 0. The van der Waals surface area contributed by atoms with Gasteiger partial charge in [-0.25, -0.2) is 0 Å². The van der Waals surface area contributed by atoms with Crippen LogP contribution in [0, 0.1) is 0 Å². The maximum absolute atomic E-state index is 10.3. The van der Waals surface area contributed by atoms with E-state index < -0.39 is 12.0 Å². The number of pyridine rings is 2. The summed E-state index contributed by atoms with van der Waals surface area (Å²) in [4.78, 5) is 27.8. The van der Waals surface area contributed by atoms with Crippen LogP contribution in [0.5, 0.6) is 0 Å². The van der Waals surface area contributed by atoms with E-state index in [1.54, 1.807) is 36.7 Å². The molecule has 2 aromatic heterocycles. The van der Waals surface area contributed by atoms with E-state index in [1.807, 2.05) is 0 Å². The second kappa shape index (κ2) is 7.67. The van der Waals surface area contributed by atoms with Crippen molar-refractivity contribution in [1.29, 1.82) is 0 Å². The van der Waals surface area contributed by atoms with E-state index >= 15 is 0 Å². The number of nitrogens with zero attached hydrogens (tertiary/aromatic N) is 2. The predicted molar refractivity (Wildman–Crippen MR) is 68.4 cm³/mol. The van der Waals surface area contributed by atoms with E-state index in [0.29, 0.717) is 11.1 Å². The van der Waals surface area contributed by atoms with Gasteiger partial charge in [0.05, 0.1) is 0 Å². The van der Waals surface area contributed by atoms with Gasteiger partial charge in [-0.15, -0.1) is 0 Å². The molecule has 0 aliphatic rings. The van der Waals surface area contributed by atoms with Crippen molar-refractivity contribution in [2.24, 2.45) is 5.73 Å². The highest BCUT2D eigenvalue weighted by Crippen LogP contribution is 2.06. The van der Waals surface area contributed by atoms with Crippen molar-refractivity contribution in [3.05, 3.63) is 60.2 Å². The Bertz CT molecular complexity index is 517. The van der Waals surface area contributed by atoms with Gasteiger partial charge in [-0.3, -0.25) is 19.6 Å². The lowest BCUT2D eigenvalue weighted by Gasteiger charge is -2.03. The van der Waals surface area contributed by atoms with E-state index in [2.05, 4.69) is 9.97 Å². The first kappa shape index (κ1) is 14.5. The molecule has 0 saturated heterocycles. The van der Waals surface area contributed by atoms with Crippen molar-refractivity contribution >= 4 is 12.3 Å². The average molecular weight is 259 g/mol. The molecule has 0 spiro atoms. The number of carboxylic acid groups (broad SMARTS) is 1. The molecule has 19 heavy (non-hydrogen) atoms. The summed E-state index contributed by atoms with van der Waals surface area (Å²) in [5, 5.41) is 8.48. The third-order valence-corrected chi connectivity index (χ3v) is 2.13. The van der Waals surface area contributed by atoms with E-state index in [0.717, 1.165) is 6.29 Å². The number of aldehydes is 1. The van der Waals surface area contributed by atoms with Crippen molar-refractivity contribution in [2.75, 3.05) is 0 Å². The average Bonchev–Trinajstić information content (AvgIpc) is 2.48. The molecule has 2 rings (SSSR count). The van der Waals surface area contributed by atoms with Crippen molar-refractivity contribution in [1.82, 2.24) is 9.97 Å². The van der Waals surface area contributed by atoms with Gasteiger partial charge in [0, 0.05) is 30.4 Å². The molecule has 1 atom stereocenters. The van der Waals surface area contributed by atoms with Crippen LogP contribution in [0.3, 0.4) is 0 Å². The Morgan fingerprint density at radius 2 is 1.84 bits per heavy atom. The molecule has 2 aromatic rings. The third kappa shape index (κ3) is 5.05. The Hall–Kier alpha value is -2.60. The zero-order valence-electron chi connectivity index (χ0n) is 10.0. The van der Waals surface area contributed by atoms with Crippen LogP contribution in [0.25, 0.3) is 0 Å². The number of hydrogen-bond acceptors (Lipinski definition) is 5.